The Kier molecular flexibility index (Phi) is 3.42. The zero-order chi connectivity index (χ0) is 13.4. The summed E-state index contributed by atoms with van der Waals surface area (Å²) < 4.78 is 0. The Bertz CT molecular complexity index is 662. The van der Waals surface area contributed by atoms with Crippen molar-refractivity contribution < 1.29 is 4.79 Å². The van der Waals surface area contributed by atoms with Gasteiger partial charge in [-0.25, -0.2) is 0 Å². The average molecular weight is 286 g/mol. The second kappa shape index (κ2) is 5.06. The molecule has 0 aliphatic heterocycles. The first kappa shape index (κ1) is 12.8. The fourth-order valence-electron chi connectivity index (χ4n) is 2.54. The summed E-state index contributed by atoms with van der Waals surface area (Å²) in [6.45, 7) is 0. The van der Waals surface area contributed by atoms with Crippen molar-refractivity contribution in [1.82, 2.24) is 0 Å². The highest BCUT2D eigenvalue weighted by atomic mass is 32.2. The molecule has 96 valence electrons. The van der Waals surface area contributed by atoms with Crippen molar-refractivity contribution in [3.8, 4) is 0 Å². The van der Waals surface area contributed by atoms with Gasteiger partial charge in [-0.2, -0.15) is 0 Å². The molecular formula is C16H14OS2. The minimum Gasteiger partial charge on any atom is -0.289 e. The largest absolute Gasteiger partial charge is 0.289 e. The Morgan fingerprint density at radius 1 is 1.00 bits per heavy atom. The lowest BCUT2D eigenvalue weighted by molar-refractivity contribution is 0.103. The number of carbonyl (C=O) groups excluding carboxylic acids is 1. The minimum absolute atomic E-state index is 0.169. The number of benzene rings is 2. The molecule has 0 saturated carbocycles. The van der Waals surface area contributed by atoms with Crippen LogP contribution in [0.3, 0.4) is 0 Å². The predicted octanol–water partition coefficient (Wildman–Crippen LogP) is 4.27. The first-order valence-electron chi connectivity index (χ1n) is 6.12. The molecule has 1 nitrogen and oxygen atoms in total. The Morgan fingerprint density at radius 2 is 1.79 bits per heavy atom. The number of hydrogen-bond donors (Lipinski definition) is 0. The van der Waals surface area contributed by atoms with E-state index in [1.807, 2.05) is 30.5 Å². The van der Waals surface area contributed by atoms with Crippen molar-refractivity contribution in [2.75, 3.05) is 12.5 Å². The van der Waals surface area contributed by atoms with Crippen molar-refractivity contribution in [1.29, 1.82) is 0 Å². The van der Waals surface area contributed by atoms with E-state index in [1.54, 1.807) is 23.5 Å². The van der Waals surface area contributed by atoms with Gasteiger partial charge in [0.05, 0.1) is 0 Å². The van der Waals surface area contributed by atoms with Gasteiger partial charge < -0.3 is 0 Å². The van der Waals surface area contributed by atoms with Crippen LogP contribution in [0.5, 0.6) is 0 Å². The van der Waals surface area contributed by atoms with E-state index in [4.69, 9.17) is 0 Å². The molecule has 19 heavy (non-hydrogen) atoms. The molecule has 0 saturated heterocycles. The first-order valence-corrected chi connectivity index (χ1v) is 8.57. The van der Waals surface area contributed by atoms with Crippen LogP contribution < -0.4 is 0 Å². The molecular weight excluding hydrogens is 272 g/mol. The van der Waals surface area contributed by atoms with Gasteiger partial charge in [0.2, 0.25) is 0 Å². The Balaban J connectivity index is 2.22. The molecule has 2 aromatic rings. The highest BCUT2D eigenvalue weighted by molar-refractivity contribution is 7.99. The fraction of sp³-hybridized carbons (Fsp3) is 0.188. The van der Waals surface area contributed by atoms with Crippen LogP contribution in [0, 0.1) is 0 Å². The average Bonchev–Trinajstić information content (AvgIpc) is 2.47. The van der Waals surface area contributed by atoms with E-state index >= 15 is 0 Å². The summed E-state index contributed by atoms with van der Waals surface area (Å²) in [5.74, 6) is 0.169. The molecule has 1 aliphatic carbocycles. The van der Waals surface area contributed by atoms with E-state index in [0.29, 0.717) is 0 Å². The molecule has 0 spiro atoms. The van der Waals surface area contributed by atoms with E-state index in [2.05, 4.69) is 18.4 Å². The van der Waals surface area contributed by atoms with E-state index in [-0.39, 0.29) is 5.78 Å². The van der Waals surface area contributed by atoms with Crippen LogP contribution in [-0.2, 0) is 6.42 Å². The number of hydrogen-bond acceptors (Lipinski definition) is 3. The predicted molar refractivity (Wildman–Crippen MR) is 82.7 cm³/mol. The highest BCUT2D eigenvalue weighted by Gasteiger charge is 2.25. The normalized spacial score (nSPS) is 13.1. The lowest BCUT2D eigenvalue weighted by Gasteiger charge is -2.21. The van der Waals surface area contributed by atoms with Gasteiger partial charge in [-0.1, -0.05) is 24.3 Å². The molecule has 2 aromatic carbocycles. The summed E-state index contributed by atoms with van der Waals surface area (Å²) in [6, 6.07) is 12.2. The summed E-state index contributed by atoms with van der Waals surface area (Å²) in [5.41, 5.74) is 4.08. The van der Waals surface area contributed by atoms with Crippen molar-refractivity contribution >= 4 is 29.3 Å². The number of ketones is 1. The third-order valence-electron chi connectivity index (χ3n) is 3.51. The van der Waals surface area contributed by atoms with Crippen LogP contribution in [-0.4, -0.2) is 18.3 Å². The molecule has 0 atom stereocenters. The van der Waals surface area contributed by atoms with Crippen LogP contribution in [0.1, 0.15) is 27.0 Å². The number of fused-ring (bicyclic) bond motifs is 2. The molecule has 1 aliphatic rings. The molecule has 0 unspecified atom stereocenters. The zero-order valence-electron chi connectivity index (χ0n) is 10.9. The molecule has 0 aromatic heterocycles. The van der Waals surface area contributed by atoms with Crippen LogP contribution in [0.15, 0.2) is 46.2 Å². The maximum atomic E-state index is 12.6. The molecule has 3 heteroatoms. The second-order valence-corrected chi connectivity index (χ2v) is 6.25. The van der Waals surface area contributed by atoms with Crippen LogP contribution in [0.2, 0.25) is 0 Å². The zero-order valence-corrected chi connectivity index (χ0v) is 12.5. The van der Waals surface area contributed by atoms with Gasteiger partial charge in [0.25, 0.3) is 0 Å². The van der Waals surface area contributed by atoms with Gasteiger partial charge in [0.1, 0.15) is 0 Å². The van der Waals surface area contributed by atoms with Crippen molar-refractivity contribution in [3.05, 3.63) is 58.7 Å². The van der Waals surface area contributed by atoms with Crippen molar-refractivity contribution in [2.45, 2.75) is 16.2 Å². The first-order chi connectivity index (χ1) is 9.24. The summed E-state index contributed by atoms with van der Waals surface area (Å²) in [7, 11) is 0. The maximum absolute atomic E-state index is 12.6. The molecule has 3 rings (SSSR count). The molecule has 0 bridgehead atoms. The third kappa shape index (κ3) is 2.11. The SMILES string of the molecule is CSc1cc(SC)c2c(c1)C(=O)c1ccccc1C2. The second-order valence-electron chi connectivity index (χ2n) is 4.52. The van der Waals surface area contributed by atoms with Gasteiger partial charge in [-0.05, 0) is 35.8 Å². The maximum Gasteiger partial charge on any atom is 0.193 e. The Morgan fingerprint density at radius 3 is 2.53 bits per heavy atom. The van der Waals surface area contributed by atoms with Crippen molar-refractivity contribution in [3.63, 3.8) is 0 Å². The summed E-state index contributed by atoms with van der Waals surface area (Å²) in [5, 5.41) is 0. The molecule has 0 amide bonds. The van der Waals surface area contributed by atoms with Gasteiger partial charge in [-0.15, -0.1) is 23.5 Å². The van der Waals surface area contributed by atoms with E-state index < -0.39 is 0 Å². The molecule has 0 radical (unpaired) electrons. The summed E-state index contributed by atoms with van der Waals surface area (Å²) in [6.07, 6.45) is 4.99. The smallest absolute Gasteiger partial charge is 0.193 e. The summed E-state index contributed by atoms with van der Waals surface area (Å²) >= 11 is 3.41. The monoisotopic (exact) mass is 286 g/mol. The Labute approximate surface area is 121 Å². The highest BCUT2D eigenvalue weighted by Crippen LogP contribution is 2.36. The van der Waals surface area contributed by atoms with Crippen LogP contribution >= 0.6 is 23.5 Å². The van der Waals surface area contributed by atoms with Gasteiger partial charge in [-0.3, -0.25) is 4.79 Å². The molecule has 0 N–H and O–H groups in total. The topological polar surface area (TPSA) is 17.1 Å². The lowest BCUT2D eigenvalue weighted by atomic mass is 9.85. The fourth-order valence-corrected chi connectivity index (χ4v) is 3.76. The molecule has 0 fully saturated rings. The molecule has 0 heterocycles. The van der Waals surface area contributed by atoms with Crippen LogP contribution in [0.4, 0.5) is 0 Å². The van der Waals surface area contributed by atoms with Gasteiger partial charge >= 0.3 is 0 Å². The summed E-state index contributed by atoms with van der Waals surface area (Å²) in [4.78, 5) is 15.0. The van der Waals surface area contributed by atoms with Crippen LogP contribution in [0.25, 0.3) is 0 Å². The number of thioether (sulfide) groups is 2. The van der Waals surface area contributed by atoms with Gasteiger partial charge in [0, 0.05) is 27.3 Å². The van der Waals surface area contributed by atoms with E-state index in [9.17, 15) is 4.79 Å². The Hall–Kier alpha value is -1.19. The number of rotatable bonds is 2. The standard InChI is InChI=1S/C16H14OS2/c1-18-11-8-14-13(15(9-11)19-2)7-10-5-3-4-6-12(10)16(14)17/h3-6,8-9H,7H2,1-2H3. The quantitative estimate of drug-likeness (QED) is 0.655. The lowest BCUT2D eigenvalue weighted by Crippen LogP contribution is -2.16. The van der Waals surface area contributed by atoms with E-state index in [0.717, 1.165) is 28.0 Å². The minimum atomic E-state index is 0.169. The van der Waals surface area contributed by atoms with Gasteiger partial charge in [0.15, 0.2) is 5.78 Å². The van der Waals surface area contributed by atoms with Crippen molar-refractivity contribution in [2.24, 2.45) is 0 Å². The number of carbonyl (C=O) groups is 1. The third-order valence-corrected chi connectivity index (χ3v) is 5.02. The van der Waals surface area contributed by atoms with E-state index in [1.165, 1.54) is 10.5 Å².